The Balaban J connectivity index is 2.05. The molecule has 2 aromatic carbocycles. The molecule has 0 bridgehead atoms. The van der Waals surface area contributed by atoms with E-state index in [2.05, 4.69) is 11.4 Å². The van der Waals surface area contributed by atoms with Crippen LogP contribution in [-0.4, -0.2) is 19.1 Å². The fraction of sp³-hybridized carbons (Fsp3) is 0.316. The van der Waals surface area contributed by atoms with Crippen molar-refractivity contribution in [3.05, 3.63) is 53.6 Å². The number of amides is 1. The molecule has 0 aliphatic heterocycles. The van der Waals surface area contributed by atoms with Crippen LogP contribution in [0.1, 0.15) is 24.5 Å². The van der Waals surface area contributed by atoms with Crippen LogP contribution in [0, 0.1) is 13.8 Å². The van der Waals surface area contributed by atoms with E-state index >= 15 is 0 Å². The van der Waals surface area contributed by atoms with Crippen molar-refractivity contribution in [2.75, 3.05) is 12.4 Å². The lowest BCUT2D eigenvalue weighted by molar-refractivity contribution is -0.122. The molecule has 122 valence electrons. The Labute approximate surface area is 137 Å². The molecule has 0 aromatic heterocycles. The molecule has 0 fully saturated rings. The summed E-state index contributed by atoms with van der Waals surface area (Å²) < 4.78 is 10.9. The number of rotatable bonds is 6. The van der Waals surface area contributed by atoms with E-state index in [0.29, 0.717) is 12.2 Å². The average Bonchev–Trinajstić information content (AvgIpc) is 2.52. The standard InChI is InChI=1S/C19H23NO3/c1-5-18(23-17-8-6-16(22-4)7-9-17)19(21)20-15-11-13(2)10-14(3)12-15/h6-12,18H,5H2,1-4H3,(H,20,21)/t18-/m1/s1. The number of anilines is 1. The highest BCUT2D eigenvalue weighted by Crippen LogP contribution is 2.20. The minimum absolute atomic E-state index is 0.145. The van der Waals surface area contributed by atoms with E-state index in [9.17, 15) is 4.79 Å². The third-order valence-corrected chi connectivity index (χ3v) is 3.49. The maximum absolute atomic E-state index is 12.4. The van der Waals surface area contributed by atoms with Gasteiger partial charge < -0.3 is 14.8 Å². The molecule has 4 heteroatoms. The molecule has 1 N–H and O–H groups in total. The van der Waals surface area contributed by atoms with Gasteiger partial charge in [0.15, 0.2) is 6.10 Å². The van der Waals surface area contributed by atoms with Gasteiger partial charge in [0, 0.05) is 5.69 Å². The smallest absolute Gasteiger partial charge is 0.265 e. The molecule has 0 spiro atoms. The van der Waals surface area contributed by atoms with Gasteiger partial charge in [0.2, 0.25) is 0 Å². The van der Waals surface area contributed by atoms with E-state index in [-0.39, 0.29) is 5.91 Å². The maximum Gasteiger partial charge on any atom is 0.265 e. The summed E-state index contributed by atoms with van der Waals surface area (Å²) in [6, 6.07) is 13.2. The van der Waals surface area contributed by atoms with Crippen molar-refractivity contribution in [2.45, 2.75) is 33.3 Å². The molecule has 0 unspecified atom stereocenters. The van der Waals surface area contributed by atoms with Gasteiger partial charge in [-0.3, -0.25) is 4.79 Å². The van der Waals surface area contributed by atoms with Crippen LogP contribution in [0.25, 0.3) is 0 Å². The van der Waals surface area contributed by atoms with Gasteiger partial charge >= 0.3 is 0 Å². The van der Waals surface area contributed by atoms with Gasteiger partial charge in [-0.25, -0.2) is 0 Å². The van der Waals surface area contributed by atoms with E-state index < -0.39 is 6.10 Å². The number of carbonyl (C=O) groups is 1. The molecular weight excluding hydrogens is 290 g/mol. The molecule has 0 saturated heterocycles. The first-order valence-electron chi connectivity index (χ1n) is 7.71. The highest BCUT2D eigenvalue weighted by molar-refractivity contribution is 5.94. The Morgan fingerprint density at radius 2 is 1.61 bits per heavy atom. The molecule has 1 amide bonds. The molecule has 0 aliphatic carbocycles. The van der Waals surface area contributed by atoms with Gasteiger partial charge in [-0.05, 0) is 67.8 Å². The fourth-order valence-corrected chi connectivity index (χ4v) is 2.41. The Bertz CT molecular complexity index is 645. The van der Waals surface area contributed by atoms with E-state index in [4.69, 9.17) is 9.47 Å². The van der Waals surface area contributed by atoms with Gasteiger partial charge in [0.05, 0.1) is 7.11 Å². The summed E-state index contributed by atoms with van der Waals surface area (Å²) in [5.41, 5.74) is 3.03. The molecule has 4 nitrogen and oxygen atoms in total. The topological polar surface area (TPSA) is 47.6 Å². The first-order chi connectivity index (χ1) is 11.0. The van der Waals surface area contributed by atoms with Crippen molar-refractivity contribution in [2.24, 2.45) is 0 Å². The van der Waals surface area contributed by atoms with Crippen LogP contribution in [0.2, 0.25) is 0 Å². The predicted molar refractivity (Wildman–Crippen MR) is 92.2 cm³/mol. The molecular formula is C19H23NO3. The Morgan fingerprint density at radius 1 is 1.04 bits per heavy atom. The van der Waals surface area contributed by atoms with Crippen LogP contribution in [0.4, 0.5) is 5.69 Å². The van der Waals surface area contributed by atoms with Crippen LogP contribution in [0.5, 0.6) is 11.5 Å². The maximum atomic E-state index is 12.4. The highest BCUT2D eigenvalue weighted by atomic mass is 16.5. The Hall–Kier alpha value is -2.49. The summed E-state index contributed by atoms with van der Waals surface area (Å²) in [5.74, 6) is 1.26. The van der Waals surface area contributed by atoms with Gasteiger partial charge in [-0.2, -0.15) is 0 Å². The third kappa shape index (κ3) is 4.74. The van der Waals surface area contributed by atoms with Crippen LogP contribution >= 0.6 is 0 Å². The Kier molecular flexibility index (Phi) is 5.63. The van der Waals surface area contributed by atoms with Gasteiger partial charge in [-0.15, -0.1) is 0 Å². The van der Waals surface area contributed by atoms with Crippen molar-refractivity contribution in [3.63, 3.8) is 0 Å². The van der Waals surface area contributed by atoms with E-state index in [0.717, 1.165) is 22.6 Å². The zero-order valence-electron chi connectivity index (χ0n) is 14.1. The number of methoxy groups -OCH3 is 1. The summed E-state index contributed by atoms with van der Waals surface area (Å²) in [6.45, 7) is 5.94. The number of nitrogens with one attached hydrogen (secondary N) is 1. The molecule has 1 atom stereocenters. The van der Waals surface area contributed by atoms with Crippen molar-refractivity contribution in [3.8, 4) is 11.5 Å². The summed E-state index contributed by atoms with van der Waals surface area (Å²) in [5, 5.41) is 2.93. The average molecular weight is 313 g/mol. The molecule has 23 heavy (non-hydrogen) atoms. The van der Waals surface area contributed by atoms with E-state index in [1.165, 1.54) is 0 Å². The summed E-state index contributed by atoms with van der Waals surface area (Å²) in [7, 11) is 1.61. The van der Waals surface area contributed by atoms with Crippen LogP contribution in [0.15, 0.2) is 42.5 Å². The minimum Gasteiger partial charge on any atom is -0.497 e. The molecule has 0 heterocycles. The van der Waals surface area contributed by atoms with Crippen molar-refractivity contribution in [1.82, 2.24) is 0 Å². The van der Waals surface area contributed by atoms with Crippen LogP contribution < -0.4 is 14.8 Å². The number of hydrogen-bond donors (Lipinski definition) is 1. The predicted octanol–water partition coefficient (Wildman–Crippen LogP) is 4.11. The minimum atomic E-state index is -0.538. The fourth-order valence-electron chi connectivity index (χ4n) is 2.41. The number of ether oxygens (including phenoxy) is 2. The first kappa shape index (κ1) is 16.9. The monoisotopic (exact) mass is 313 g/mol. The third-order valence-electron chi connectivity index (χ3n) is 3.49. The van der Waals surface area contributed by atoms with Gasteiger partial charge in [0.1, 0.15) is 11.5 Å². The second kappa shape index (κ2) is 7.68. The number of carbonyl (C=O) groups excluding carboxylic acids is 1. The van der Waals surface area contributed by atoms with Gasteiger partial charge in [-0.1, -0.05) is 13.0 Å². The summed E-state index contributed by atoms with van der Waals surface area (Å²) in [6.07, 6.45) is 0.0482. The molecule has 0 radical (unpaired) electrons. The number of aryl methyl sites for hydroxylation is 2. The first-order valence-corrected chi connectivity index (χ1v) is 7.71. The zero-order valence-corrected chi connectivity index (χ0v) is 14.1. The number of benzene rings is 2. The summed E-state index contributed by atoms with van der Waals surface area (Å²) in [4.78, 5) is 12.4. The van der Waals surface area contributed by atoms with Crippen LogP contribution in [-0.2, 0) is 4.79 Å². The molecule has 2 rings (SSSR count). The number of hydrogen-bond acceptors (Lipinski definition) is 3. The lowest BCUT2D eigenvalue weighted by Crippen LogP contribution is -2.32. The molecule has 0 saturated carbocycles. The van der Waals surface area contributed by atoms with Crippen molar-refractivity contribution < 1.29 is 14.3 Å². The molecule has 2 aromatic rings. The largest absolute Gasteiger partial charge is 0.497 e. The van der Waals surface area contributed by atoms with Crippen molar-refractivity contribution in [1.29, 1.82) is 0 Å². The van der Waals surface area contributed by atoms with E-state index in [1.54, 1.807) is 19.2 Å². The SMILES string of the molecule is CC[C@@H](Oc1ccc(OC)cc1)C(=O)Nc1cc(C)cc(C)c1. The van der Waals surface area contributed by atoms with Crippen molar-refractivity contribution >= 4 is 11.6 Å². The Morgan fingerprint density at radius 3 is 2.13 bits per heavy atom. The highest BCUT2D eigenvalue weighted by Gasteiger charge is 2.18. The zero-order chi connectivity index (χ0) is 16.8. The normalized spacial score (nSPS) is 11.7. The second-order valence-corrected chi connectivity index (χ2v) is 5.56. The van der Waals surface area contributed by atoms with Gasteiger partial charge in [0.25, 0.3) is 5.91 Å². The van der Waals surface area contributed by atoms with E-state index in [1.807, 2.05) is 45.0 Å². The van der Waals surface area contributed by atoms with Crippen LogP contribution in [0.3, 0.4) is 0 Å². The summed E-state index contributed by atoms with van der Waals surface area (Å²) >= 11 is 0. The lowest BCUT2D eigenvalue weighted by Gasteiger charge is -2.18. The quantitative estimate of drug-likeness (QED) is 0.873. The second-order valence-electron chi connectivity index (χ2n) is 5.56. The lowest BCUT2D eigenvalue weighted by atomic mass is 10.1. The molecule has 0 aliphatic rings.